The lowest BCUT2D eigenvalue weighted by Crippen LogP contribution is -2.25. The number of hydrogen-bond donors (Lipinski definition) is 2. The maximum atomic E-state index is 12.5. The van der Waals surface area contributed by atoms with E-state index in [0.717, 1.165) is 24.0 Å². The lowest BCUT2D eigenvalue weighted by molar-refractivity contribution is 0.0948. The number of carbonyl (C=O) groups excluding carboxylic acids is 1. The van der Waals surface area contributed by atoms with Crippen molar-refractivity contribution < 1.29 is 14.6 Å². The van der Waals surface area contributed by atoms with Crippen LogP contribution in [0.25, 0.3) is 0 Å². The van der Waals surface area contributed by atoms with Crippen LogP contribution in [0.3, 0.4) is 0 Å². The molecule has 0 bridgehead atoms. The quantitative estimate of drug-likeness (QED) is 0.887. The molecular weight excluding hydrogens is 290 g/mol. The van der Waals surface area contributed by atoms with E-state index >= 15 is 0 Å². The van der Waals surface area contributed by atoms with Gasteiger partial charge in [-0.05, 0) is 48.6 Å². The van der Waals surface area contributed by atoms with Gasteiger partial charge >= 0.3 is 0 Å². The smallest absolute Gasteiger partial charge is 0.251 e. The van der Waals surface area contributed by atoms with Crippen molar-refractivity contribution in [3.05, 3.63) is 59.2 Å². The molecule has 1 amide bonds. The molecule has 0 aromatic heterocycles. The van der Waals surface area contributed by atoms with Crippen molar-refractivity contribution in [3.8, 4) is 11.5 Å². The largest absolute Gasteiger partial charge is 0.508 e. The lowest BCUT2D eigenvalue weighted by Gasteiger charge is -2.27. The molecule has 0 unspecified atom stereocenters. The number of carbonyl (C=O) groups is 1. The second-order valence-corrected chi connectivity index (χ2v) is 5.89. The average Bonchev–Trinajstić information content (AvgIpc) is 2.53. The molecule has 0 aliphatic heterocycles. The van der Waals surface area contributed by atoms with Crippen LogP contribution in [0.15, 0.2) is 42.5 Å². The fraction of sp³-hybridized carbons (Fsp3) is 0.316. The van der Waals surface area contributed by atoms with Gasteiger partial charge in [-0.1, -0.05) is 24.6 Å². The van der Waals surface area contributed by atoms with Gasteiger partial charge in [-0.2, -0.15) is 0 Å². The van der Waals surface area contributed by atoms with Crippen LogP contribution in [0.5, 0.6) is 11.5 Å². The molecule has 0 saturated heterocycles. The molecule has 2 aromatic rings. The minimum absolute atomic E-state index is 0.102. The summed E-state index contributed by atoms with van der Waals surface area (Å²) in [5.41, 5.74) is 2.50. The third-order valence-electron chi connectivity index (χ3n) is 4.48. The predicted molar refractivity (Wildman–Crippen MR) is 88.9 cm³/mol. The zero-order valence-electron chi connectivity index (χ0n) is 13.2. The standard InChI is InChI=1S/C19H21NO3/c1-23-15-9-10-18(21)14(11-15)12-20-19(22)17-8-3-2-7-16(17)13-5-4-6-13/h2-3,7-11,13,21H,4-6,12H2,1H3,(H,20,22). The molecule has 4 nitrogen and oxygen atoms in total. The highest BCUT2D eigenvalue weighted by Gasteiger charge is 2.24. The van der Waals surface area contributed by atoms with E-state index in [4.69, 9.17) is 4.74 Å². The first-order valence-corrected chi connectivity index (χ1v) is 7.92. The van der Waals surface area contributed by atoms with E-state index < -0.39 is 0 Å². The molecule has 120 valence electrons. The van der Waals surface area contributed by atoms with Crippen LogP contribution < -0.4 is 10.1 Å². The number of benzene rings is 2. The van der Waals surface area contributed by atoms with E-state index in [1.54, 1.807) is 25.3 Å². The van der Waals surface area contributed by atoms with Gasteiger partial charge in [0.05, 0.1) is 7.11 Å². The third kappa shape index (κ3) is 3.31. The summed E-state index contributed by atoms with van der Waals surface area (Å²) in [5.74, 6) is 1.21. The number of hydrogen-bond acceptors (Lipinski definition) is 3. The van der Waals surface area contributed by atoms with Gasteiger partial charge in [-0.15, -0.1) is 0 Å². The number of methoxy groups -OCH3 is 1. The van der Waals surface area contributed by atoms with E-state index in [0.29, 0.717) is 17.2 Å². The van der Waals surface area contributed by atoms with Crippen LogP contribution in [-0.2, 0) is 6.54 Å². The summed E-state index contributed by atoms with van der Waals surface area (Å²) < 4.78 is 5.15. The van der Waals surface area contributed by atoms with E-state index in [2.05, 4.69) is 5.32 Å². The molecule has 1 fully saturated rings. The summed E-state index contributed by atoms with van der Waals surface area (Å²) >= 11 is 0. The highest BCUT2D eigenvalue weighted by atomic mass is 16.5. The van der Waals surface area contributed by atoms with Crippen molar-refractivity contribution in [3.63, 3.8) is 0 Å². The van der Waals surface area contributed by atoms with Gasteiger partial charge < -0.3 is 15.2 Å². The Morgan fingerprint density at radius 3 is 2.74 bits per heavy atom. The number of ether oxygens (including phenoxy) is 1. The number of phenolic OH excluding ortho intramolecular Hbond substituents is 1. The molecule has 3 rings (SSSR count). The molecule has 0 atom stereocenters. The van der Waals surface area contributed by atoms with Crippen LogP contribution in [0.2, 0.25) is 0 Å². The maximum Gasteiger partial charge on any atom is 0.251 e. The Morgan fingerprint density at radius 2 is 2.04 bits per heavy atom. The Bertz CT molecular complexity index is 708. The minimum Gasteiger partial charge on any atom is -0.508 e. The maximum absolute atomic E-state index is 12.5. The first-order chi connectivity index (χ1) is 11.2. The molecule has 0 heterocycles. The number of aromatic hydroxyl groups is 1. The van der Waals surface area contributed by atoms with Crippen molar-refractivity contribution in [1.82, 2.24) is 5.32 Å². The Balaban J connectivity index is 1.73. The van der Waals surface area contributed by atoms with E-state index in [9.17, 15) is 9.90 Å². The molecule has 4 heteroatoms. The topological polar surface area (TPSA) is 58.6 Å². The molecule has 2 aromatic carbocycles. The van der Waals surface area contributed by atoms with Gasteiger partial charge in [0.2, 0.25) is 0 Å². The van der Waals surface area contributed by atoms with Gasteiger partial charge in [0.15, 0.2) is 0 Å². The van der Waals surface area contributed by atoms with E-state index in [-0.39, 0.29) is 18.2 Å². The summed E-state index contributed by atoms with van der Waals surface area (Å²) in [6.45, 7) is 0.265. The zero-order chi connectivity index (χ0) is 16.2. The Hall–Kier alpha value is -2.49. The fourth-order valence-corrected chi connectivity index (χ4v) is 2.88. The summed E-state index contributed by atoms with van der Waals surface area (Å²) in [6.07, 6.45) is 3.54. The van der Waals surface area contributed by atoms with Crippen molar-refractivity contribution in [1.29, 1.82) is 0 Å². The predicted octanol–water partition coefficient (Wildman–Crippen LogP) is 3.60. The number of nitrogens with one attached hydrogen (secondary N) is 1. The fourth-order valence-electron chi connectivity index (χ4n) is 2.88. The third-order valence-corrected chi connectivity index (χ3v) is 4.48. The zero-order valence-corrected chi connectivity index (χ0v) is 13.2. The van der Waals surface area contributed by atoms with Gasteiger partial charge in [0, 0.05) is 17.7 Å². The monoisotopic (exact) mass is 311 g/mol. The summed E-state index contributed by atoms with van der Waals surface area (Å²) in [6, 6.07) is 12.8. The van der Waals surface area contributed by atoms with E-state index in [1.807, 2.05) is 24.3 Å². The van der Waals surface area contributed by atoms with Crippen molar-refractivity contribution >= 4 is 5.91 Å². The normalized spacial score (nSPS) is 14.1. The first kappa shape index (κ1) is 15.4. The summed E-state index contributed by atoms with van der Waals surface area (Å²) in [7, 11) is 1.57. The second kappa shape index (κ2) is 6.73. The Kier molecular flexibility index (Phi) is 4.51. The minimum atomic E-state index is -0.102. The summed E-state index contributed by atoms with van der Waals surface area (Å²) in [4.78, 5) is 12.5. The molecule has 1 aliphatic rings. The molecule has 0 radical (unpaired) electrons. The van der Waals surface area contributed by atoms with Gasteiger partial charge in [0.25, 0.3) is 5.91 Å². The van der Waals surface area contributed by atoms with Crippen molar-refractivity contribution in [2.24, 2.45) is 0 Å². The summed E-state index contributed by atoms with van der Waals surface area (Å²) in [5, 5.41) is 12.8. The van der Waals surface area contributed by atoms with E-state index in [1.165, 1.54) is 6.42 Å². The van der Waals surface area contributed by atoms with Gasteiger partial charge in [-0.3, -0.25) is 4.79 Å². The molecule has 1 aliphatic carbocycles. The SMILES string of the molecule is COc1ccc(O)c(CNC(=O)c2ccccc2C2CCC2)c1. The van der Waals surface area contributed by atoms with Crippen LogP contribution in [-0.4, -0.2) is 18.1 Å². The van der Waals surface area contributed by atoms with Crippen molar-refractivity contribution in [2.45, 2.75) is 31.7 Å². The first-order valence-electron chi connectivity index (χ1n) is 7.92. The number of phenols is 1. The van der Waals surface area contributed by atoms with Gasteiger partial charge in [0.1, 0.15) is 11.5 Å². The Morgan fingerprint density at radius 1 is 1.26 bits per heavy atom. The number of amides is 1. The molecule has 0 spiro atoms. The van der Waals surface area contributed by atoms with Crippen LogP contribution in [0.1, 0.15) is 46.7 Å². The molecule has 23 heavy (non-hydrogen) atoms. The highest BCUT2D eigenvalue weighted by Crippen LogP contribution is 2.37. The van der Waals surface area contributed by atoms with Crippen LogP contribution in [0.4, 0.5) is 0 Å². The highest BCUT2D eigenvalue weighted by molar-refractivity contribution is 5.95. The van der Waals surface area contributed by atoms with Crippen molar-refractivity contribution in [2.75, 3.05) is 7.11 Å². The average molecular weight is 311 g/mol. The van der Waals surface area contributed by atoms with Crippen LogP contribution in [0, 0.1) is 0 Å². The molecular formula is C19H21NO3. The van der Waals surface area contributed by atoms with Gasteiger partial charge in [-0.25, -0.2) is 0 Å². The molecule has 1 saturated carbocycles. The number of rotatable bonds is 5. The lowest BCUT2D eigenvalue weighted by atomic mass is 9.78. The second-order valence-electron chi connectivity index (χ2n) is 5.89. The molecule has 2 N–H and O–H groups in total. The van der Waals surface area contributed by atoms with Crippen LogP contribution >= 0.6 is 0 Å². The Labute approximate surface area is 136 Å².